The van der Waals surface area contributed by atoms with Crippen molar-refractivity contribution in [3.63, 3.8) is 0 Å². The monoisotopic (exact) mass is 406 g/mol. The lowest BCUT2D eigenvalue weighted by atomic mass is 10.2. The van der Waals surface area contributed by atoms with E-state index in [1.165, 1.54) is 10.8 Å². The number of para-hydroxylation sites is 2. The minimum atomic E-state index is -0.293. The summed E-state index contributed by atoms with van der Waals surface area (Å²) in [4.78, 5) is 38.0. The summed E-state index contributed by atoms with van der Waals surface area (Å²) in [6, 6.07) is 11.3. The molecule has 0 aliphatic carbocycles. The van der Waals surface area contributed by atoms with Gasteiger partial charge in [0.25, 0.3) is 5.56 Å². The van der Waals surface area contributed by atoms with Crippen LogP contribution < -0.4 is 15.8 Å². The Labute approximate surface area is 175 Å². The van der Waals surface area contributed by atoms with Crippen LogP contribution in [-0.2, 0) is 17.9 Å². The summed E-state index contributed by atoms with van der Waals surface area (Å²) in [5.74, 6) is 0.740. The minimum Gasteiger partial charge on any atom is -0.354 e. The summed E-state index contributed by atoms with van der Waals surface area (Å²) in [6.45, 7) is 7.66. The van der Waals surface area contributed by atoms with Crippen LogP contribution in [0.3, 0.4) is 0 Å². The van der Waals surface area contributed by atoms with Gasteiger partial charge in [-0.1, -0.05) is 25.1 Å². The molecule has 3 heterocycles. The van der Waals surface area contributed by atoms with E-state index in [0.29, 0.717) is 17.6 Å². The maximum Gasteiger partial charge on any atom is 0.269 e. The van der Waals surface area contributed by atoms with Crippen molar-refractivity contribution in [1.29, 1.82) is 0 Å². The lowest BCUT2D eigenvalue weighted by molar-refractivity contribution is -0.121. The number of amides is 1. The zero-order valence-electron chi connectivity index (χ0n) is 17.1. The summed E-state index contributed by atoms with van der Waals surface area (Å²) in [7, 11) is 0. The van der Waals surface area contributed by atoms with E-state index < -0.39 is 0 Å². The number of nitrogens with zero attached hydrogens (tertiary/aromatic N) is 5. The third-order valence-electron chi connectivity index (χ3n) is 5.50. The predicted octanol–water partition coefficient (Wildman–Crippen LogP) is 1.25. The maximum absolute atomic E-state index is 12.4. The van der Waals surface area contributed by atoms with E-state index in [1.54, 1.807) is 12.3 Å². The van der Waals surface area contributed by atoms with E-state index in [9.17, 15) is 9.59 Å². The standard InChI is InChI=1S/C22H26N6O2/c1-2-26-9-11-27(12-10-26)20-8-7-17(13-24-20)14-25-21(29)16-28-19-6-4-3-5-18(19)23-15-22(28)30/h3-8,13,15H,2,9-12,14,16H2,1H3,(H,25,29). The number of fused-ring (bicyclic) bond motifs is 1. The van der Waals surface area contributed by atoms with Gasteiger partial charge < -0.3 is 15.1 Å². The molecule has 1 amide bonds. The van der Waals surface area contributed by atoms with Gasteiger partial charge in [-0.05, 0) is 30.3 Å². The Hall–Kier alpha value is -3.26. The first-order chi connectivity index (χ1) is 14.6. The molecule has 1 saturated heterocycles. The summed E-state index contributed by atoms with van der Waals surface area (Å²) >= 11 is 0. The minimum absolute atomic E-state index is 0.0465. The second-order valence-electron chi connectivity index (χ2n) is 7.39. The van der Waals surface area contributed by atoms with Crippen molar-refractivity contribution >= 4 is 22.8 Å². The Balaban J connectivity index is 1.35. The highest BCUT2D eigenvalue weighted by Crippen LogP contribution is 2.14. The number of benzene rings is 1. The van der Waals surface area contributed by atoms with Crippen LogP contribution in [0.1, 0.15) is 12.5 Å². The van der Waals surface area contributed by atoms with Crippen LogP contribution in [0, 0.1) is 0 Å². The number of likely N-dealkylation sites (N-methyl/N-ethyl adjacent to an activating group) is 1. The van der Waals surface area contributed by atoms with E-state index in [4.69, 9.17) is 0 Å². The van der Waals surface area contributed by atoms with Crippen molar-refractivity contribution in [1.82, 2.24) is 24.8 Å². The highest BCUT2D eigenvalue weighted by atomic mass is 16.2. The molecule has 2 aromatic heterocycles. The van der Waals surface area contributed by atoms with Gasteiger partial charge in [0.2, 0.25) is 5.91 Å². The molecule has 1 N–H and O–H groups in total. The van der Waals surface area contributed by atoms with E-state index >= 15 is 0 Å². The molecule has 8 heteroatoms. The Morgan fingerprint density at radius 3 is 2.57 bits per heavy atom. The SMILES string of the molecule is CCN1CCN(c2ccc(CNC(=O)Cn3c(=O)cnc4ccccc43)cn2)CC1. The van der Waals surface area contributed by atoms with Gasteiger partial charge in [0.15, 0.2) is 0 Å². The fraction of sp³-hybridized carbons (Fsp3) is 0.364. The average molecular weight is 406 g/mol. The molecule has 3 aromatic rings. The zero-order valence-corrected chi connectivity index (χ0v) is 17.1. The highest BCUT2D eigenvalue weighted by molar-refractivity contribution is 5.79. The Kier molecular flexibility index (Phi) is 6.04. The van der Waals surface area contributed by atoms with Crippen LogP contribution in [0.4, 0.5) is 5.82 Å². The van der Waals surface area contributed by atoms with Crippen molar-refractivity contribution in [2.45, 2.75) is 20.0 Å². The first-order valence-corrected chi connectivity index (χ1v) is 10.3. The molecule has 4 rings (SSSR count). The number of nitrogens with one attached hydrogen (secondary N) is 1. The van der Waals surface area contributed by atoms with E-state index in [2.05, 4.69) is 32.0 Å². The second kappa shape index (κ2) is 9.04. The summed E-state index contributed by atoms with van der Waals surface area (Å²) in [5.41, 5.74) is 1.96. The number of hydrogen-bond acceptors (Lipinski definition) is 6. The summed E-state index contributed by atoms with van der Waals surface area (Å²) < 4.78 is 1.44. The number of hydrogen-bond donors (Lipinski definition) is 1. The summed E-state index contributed by atoms with van der Waals surface area (Å²) in [5, 5.41) is 2.87. The zero-order chi connectivity index (χ0) is 20.9. The van der Waals surface area contributed by atoms with Gasteiger partial charge in [-0.15, -0.1) is 0 Å². The van der Waals surface area contributed by atoms with Gasteiger partial charge in [0.05, 0.1) is 17.2 Å². The molecular formula is C22H26N6O2. The largest absolute Gasteiger partial charge is 0.354 e. The number of aromatic nitrogens is 3. The normalized spacial score (nSPS) is 14.8. The molecule has 0 atom stereocenters. The number of piperazine rings is 1. The molecule has 0 spiro atoms. The van der Waals surface area contributed by atoms with E-state index in [0.717, 1.165) is 44.1 Å². The van der Waals surface area contributed by atoms with Crippen LogP contribution in [0.15, 0.2) is 53.6 Å². The topological polar surface area (TPSA) is 83.4 Å². The molecule has 1 fully saturated rings. The first-order valence-electron chi connectivity index (χ1n) is 10.3. The number of anilines is 1. The molecule has 0 radical (unpaired) electrons. The van der Waals surface area contributed by atoms with Gasteiger partial charge in [-0.3, -0.25) is 14.2 Å². The van der Waals surface area contributed by atoms with Gasteiger partial charge in [0.1, 0.15) is 12.4 Å². The fourth-order valence-electron chi connectivity index (χ4n) is 3.68. The Morgan fingerprint density at radius 1 is 1.03 bits per heavy atom. The highest BCUT2D eigenvalue weighted by Gasteiger charge is 2.16. The number of carbonyl (C=O) groups is 1. The molecule has 1 aliphatic rings. The van der Waals surface area contributed by atoms with Crippen molar-refractivity contribution in [3.8, 4) is 0 Å². The fourth-order valence-corrected chi connectivity index (χ4v) is 3.68. The molecule has 1 aliphatic heterocycles. The molecule has 1 aromatic carbocycles. The summed E-state index contributed by atoms with van der Waals surface area (Å²) in [6.07, 6.45) is 3.05. The Morgan fingerprint density at radius 2 is 1.83 bits per heavy atom. The van der Waals surface area contributed by atoms with E-state index in [-0.39, 0.29) is 18.0 Å². The van der Waals surface area contributed by atoms with Crippen molar-refractivity contribution in [2.75, 3.05) is 37.6 Å². The molecule has 30 heavy (non-hydrogen) atoms. The van der Waals surface area contributed by atoms with Gasteiger partial charge in [0, 0.05) is 38.9 Å². The van der Waals surface area contributed by atoms with Crippen molar-refractivity contribution in [3.05, 3.63) is 64.7 Å². The third-order valence-corrected chi connectivity index (χ3v) is 5.50. The van der Waals surface area contributed by atoms with Crippen molar-refractivity contribution < 1.29 is 4.79 Å². The van der Waals surface area contributed by atoms with Gasteiger partial charge in [-0.25, -0.2) is 9.97 Å². The molecule has 8 nitrogen and oxygen atoms in total. The third kappa shape index (κ3) is 4.49. The quantitative estimate of drug-likeness (QED) is 0.663. The van der Waals surface area contributed by atoms with Crippen LogP contribution in [0.2, 0.25) is 0 Å². The lowest BCUT2D eigenvalue weighted by Crippen LogP contribution is -2.46. The maximum atomic E-state index is 12.4. The van der Waals surface area contributed by atoms with Crippen LogP contribution in [-0.4, -0.2) is 58.1 Å². The molecule has 156 valence electrons. The number of pyridine rings is 1. The Bertz CT molecular complexity index is 1070. The van der Waals surface area contributed by atoms with E-state index in [1.807, 2.05) is 30.3 Å². The smallest absolute Gasteiger partial charge is 0.269 e. The predicted molar refractivity (Wildman–Crippen MR) is 116 cm³/mol. The molecule has 0 bridgehead atoms. The van der Waals surface area contributed by atoms with Crippen LogP contribution >= 0.6 is 0 Å². The molecule has 0 saturated carbocycles. The number of rotatable bonds is 6. The molecule has 0 unspecified atom stereocenters. The van der Waals surface area contributed by atoms with Gasteiger partial charge in [-0.2, -0.15) is 0 Å². The van der Waals surface area contributed by atoms with Crippen LogP contribution in [0.25, 0.3) is 11.0 Å². The van der Waals surface area contributed by atoms with Crippen LogP contribution in [0.5, 0.6) is 0 Å². The number of carbonyl (C=O) groups excluding carboxylic acids is 1. The lowest BCUT2D eigenvalue weighted by Gasteiger charge is -2.34. The van der Waals surface area contributed by atoms with Crippen molar-refractivity contribution in [2.24, 2.45) is 0 Å². The average Bonchev–Trinajstić information content (AvgIpc) is 2.80. The second-order valence-corrected chi connectivity index (χ2v) is 7.39. The first kappa shape index (κ1) is 20.0. The molecular weight excluding hydrogens is 380 g/mol. The van der Waals surface area contributed by atoms with Gasteiger partial charge >= 0.3 is 0 Å².